The maximum Gasteiger partial charge on any atom is 0.129 e. The number of anilines is 1. The third-order valence-electron chi connectivity index (χ3n) is 4.38. The molecular weight excluding hydrogens is 420 g/mol. The van der Waals surface area contributed by atoms with Gasteiger partial charge in [0.05, 0.1) is 12.0 Å². The van der Waals surface area contributed by atoms with Crippen LogP contribution in [-0.4, -0.2) is 6.10 Å². The molecule has 0 radical (unpaired) electrons. The first-order chi connectivity index (χ1) is 15.6. The minimum Gasteiger partial charge on any atom is -0.486 e. The zero-order valence-corrected chi connectivity index (χ0v) is 18.8. The lowest BCUT2D eigenvalue weighted by Crippen LogP contribution is -2.10. The summed E-state index contributed by atoms with van der Waals surface area (Å²) >= 11 is 1.26. The van der Waals surface area contributed by atoms with Crippen molar-refractivity contribution in [3.8, 4) is 11.5 Å². The third-order valence-corrected chi connectivity index (χ3v) is 5.05. The van der Waals surface area contributed by atoms with Crippen LogP contribution in [0, 0.1) is 0 Å². The van der Waals surface area contributed by atoms with Crippen LogP contribution in [0.15, 0.2) is 114 Å². The quantitative estimate of drug-likeness (QED) is 0.194. The molecule has 32 heavy (non-hydrogen) atoms. The van der Waals surface area contributed by atoms with Crippen molar-refractivity contribution in [2.24, 2.45) is 5.73 Å². The van der Waals surface area contributed by atoms with Crippen molar-refractivity contribution in [1.29, 1.82) is 0 Å². The lowest BCUT2D eigenvalue weighted by atomic mass is 10.2. The Morgan fingerprint density at radius 1 is 1.09 bits per heavy atom. The first kappa shape index (κ1) is 23.2. The molecular formula is C26H28N2O3S. The summed E-state index contributed by atoms with van der Waals surface area (Å²) in [6.45, 7) is 1.95. The van der Waals surface area contributed by atoms with E-state index >= 15 is 0 Å². The molecule has 0 bridgehead atoms. The number of hydrogen-bond donors (Lipinski definition) is 2. The second kappa shape index (κ2) is 12.4. The number of nitrogens with two attached hydrogens (primary N) is 2. The molecule has 2 aromatic rings. The molecule has 1 aliphatic rings. The molecule has 4 N–H and O–H groups in total. The third kappa shape index (κ3) is 7.96. The van der Waals surface area contributed by atoms with Gasteiger partial charge in [0.15, 0.2) is 0 Å². The molecule has 1 unspecified atom stereocenters. The fourth-order valence-corrected chi connectivity index (χ4v) is 3.40. The summed E-state index contributed by atoms with van der Waals surface area (Å²) in [5.41, 5.74) is 13.1. The van der Waals surface area contributed by atoms with Gasteiger partial charge in [0, 0.05) is 22.3 Å². The Labute approximate surface area is 193 Å². The van der Waals surface area contributed by atoms with E-state index < -0.39 is 0 Å². The lowest BCUT2D eigenvalue weighted by Gasteiger charge is -2.15. The molecule has 0 aliphatic heterocycles. The van der Waals surface area contributed by atoms with Crippen molar-refractivity contribution in [1.82, 2.24) is 0 Å². The van der Waals surface area contributed by atoms with Crippen molar-refractivity contribution in [3.05, 3.63) is 109 Å². The van der Waals surface area contributed by atoms with Gasteiger partial charge in [0.2, 0.25) is 0 Å². The van der Waals surface area contributed by atoms with E-state index in [2.05, 4.69) is 6.08 Å². The molecule has 5 nitrogen and oxygen atoms in total. The highest BCUT2D eigenvalue weighted by molar-refractivity contribution is 7.94. The Bertz CT molecular complexity index is 1020. The Hall–Kier alpha value is -3.51. The van der Waals surface area contributed by atoms with E-state index in [9.17, 15) is 0 Å². The molecule has 0 fully saturated rings. The Morgan fingerprint density at radius 2 is 1.94 bits per heavy atom. The monoisotopic (exact) mass is 448 g/mol. The average molecular weight is 449 g/mol. The van der Waals surface area contributed by atoms with Gasteiger partial charge in [-0.3, -0.25) is 0 Å². The number of nitrogen functional groups attached to an aromatic ring is 1. The van der Waals surface area contributed by atoms with E-state index in [0.717, 1.165) is 34.9 Å². The maximum absolute atomic E-state index is 6.06. The summed E-state index contributed by atoms with van der Waals surface area (Å²) in [5.74, 6) is 2.18. The second-order valence-corrected chi connectivity index (χ2v) is 7.86. The van der Waals surface area contributed by atoms with Crippen LogP contribution in [0.25, 0.3) is 0 Å². The smallest absolute Gasteiger partial charge is 0.129 e. The summed E-state index contributed by atoms with van der Waals surface area (Å²) < 4.78 is 17.4. The summed E-state index contributed by atoms with van der Waals surface area (Å²) in [4.78, 5) is 0.954. The van der Waals surface area contributed by atoms with E-state index in [0.29, 0.717) is 11.4 Å². The van der Waals surface area contributed by atoms with Gasteiger partial charge in [-0.15, -0.1) is 0 Å². The highest BCUT2D eigenvalue weighted by Crippen LogP contribution is 2.27. The zero-order chi connectivity index (χ0) is 22.6. The minimum absolute atomic E-state index is 0.0517. The lowest BCUT2D eigenvalue weighted by molar-refractivity contribution is 0.158. The van der Waals surface area contributed by atoms with Gasteiger partial charge in [-0.05, 0) is 86.5 Å². The number of rotatable bonds is 9. The van der Waals surface area contributed by atoms with Gasteiger partial charge in [0.25, 0.3) is 0 Å². The van der Waals surface area contributed by atoms with E-state index in [1.807, 2.05) is 85.8 Å². The number of allylic oxidation sites excluding steroid dienone is 6. The van der Waals surface area contributed by atoms with Gasteiger partial charge in [0.1, 0.15) is 29.6 Å². The van der Waals surface area contributed by atoms with Crippen molar-refractivity contribution >= 4 is 17.7 Å². The first-order valence-electron chi connectivity index (χ1n) is 10.4. The molecule has 6 heteroatoms. The molecule has 1 atom stereocenters. The van der Waals surface area contributed by atoms with Crippen molar-refractivity contribution in [3.63, 3.8) is 0 Å². The van der Waals surface area contributed by atoms with E-state index in [1.165, 1.54) is 12.0 Å². The van der Waals surface area contributed by atoms with Gasteiger partial charge >= 0.3 is 0 Å². The van der Waals surface area contributed by atoms with Crippen LogP contribution in [0.4, 0.5) is 5.69 Å². The minimum atomic E-state index is -0.0517. The van der Waals surface area contributed by atoms with Crippen LogP contribution in [0.3, 0.4) is 0 Å². The summed E-state index contributed by atoms with van der Waals surface area (Å²) in [7, 11) is 0. The number of ether oxygens (including phenoxy) is 2. The molecule has 0 aromatic heterocycles. The maximum atomic E-state index is 6.06. The summed E-state index contributed by atoms with van der Waals surface area (Å²) in [6.07, 6.45) is 16.8. The number of hydrogen-bond acceptors (Lipinski definition) is 6. The molecule has 0 heterocycles. The molecule has 3 rings (SSSR count). The van der Waals surface area contributed by atoms with Crippen LogP contribution in [0.2, 0.25) is 0 Å². The first-order valence-corrected chi connectivity index (χ1v) is 11.1. The largest absolute Gasteiger partial charge is 0.486 e. The molecule has 0 saturated heterocycles. The molecule has 2 aromatic carbocycles. The van der Waals surface area contributed by atoms with Crippen molar-refractivity contribution in [2.45, 2.75) is 30.8 Å². The van der Waals surface area contributed by atoms with Crippen molar-refractivity contribution < 1.29 is 13.7 Å². The van der Waals surface area contributed by atoms with E-state index in [1.54, 1.807) is 12.3 Å². The highest BCUT2D eigenvalue weighted by Gasteiger charge is 2.09. The van der Waals surface area contributed by atoms with Gasteiger partial charge in [-0.25, -0.2) is 0 Å². The Balaban J connectivity index is 1.49. The molecule has 0 spiro atoms. The molecule has 1 aliphatic carbocycles. The molecule has 0 saturated carbocycles. The van der Waals surface area contributed by atoms with Crippen LogP contribution in [-0.2, 0) is 8.92 Å². The SMILES string of the molecule is C\C=C/C(=C\C=C/OSc1ccc(Oc2cccc(N)c2)cc1)OC1C=C(N)C=CCC1. The Kier molecular flexibility index (Phi) is 8.95. The summed E-state index contributed by atoms with van der Waals surface area (Å²) in [5, 5.41) is 0. The van der Waals surface area contributed by atoms with Crippen LogP contribution in [0.1, 0.15) is 19.8 Å². The predicted molar refractivity (Wildman–Crippen MR) is 132 cm³/mol. The standard InChI is InChI=1S/C26H28N2O3S/c1-2-7-22(30-24-10-4-3-8-20(27)18-24)12-6-17-29-32-26-15-13-23(14-16-26)31-25-11-5-9-21(28)19-25/h2-3,5-9,11-19,24H,4,10,27-28H2,1H3/b7-2-,17-6-,22-12+. The van der Waals surface area contributed by atoms with E-state index in [-0.39, 0.29) is 6.10 Å². The van der Waals surface area contributed by atoms with E-state index in [4.69, 9.17) is 25.1 Å². The number of benzene rings is 2. The fourth-order valence-electron chi connectivity index (χ4n) is 2.93. The predicted octanol–water partition coefficient (Wildman–Crippen LogP) is 6.64. The Morgan fingerprint density at radius 3 is 2.72 bits per heavy atom. The zero-order valence-electron chi connectivity index (χ0n) is 18.0. The van der Waals surface area contributed by atoms with Gasteiger partial charge < -0.3 is 25.1 Å². The van der Waals surface area contributed by atoms with Crippen molar-refractivity contribution in [2.75, 3.05) is 5.73 Å². The van der Waals surface area contributed by atoms with Gasteiger partial charge in [-0.1, -0.05) is 18.2 Å². The molecule has 166 valence electrons. The van der Waals surface area contributed by atoms with Crippen LogP contribution < -0.4 is 16.2 Å². The van der Waals surface area contributed by atoms with Gasteiger partial charge in [-0.2, -0.15) is 0 Å². The average Bonchev–Trinajstić information content (AvgIpc) is 2.98. The fraction of sp³-hybridized carbons (Fsp3) is 0.154. The topological polar surface area (TPSA) is 79.7 Å². The highest BCUT2D eigenvalue weighted by atomic mass is 32.2. The molecule has 0 amide bonds. The van der Waals surface area contributed by atoms with Crippen LogP contribution >= 0.6 is 12.0 Å². The summed E-state index contributed by atoms with van der Waals surface area (Å²) in [6, 6.07) is 15.0. The normalized spacial score (nSPS) is 16.7. The van der Waals surface area contributed by atoms with Crippen LogP contribution in [0.5, 0.6) is 11.5 Å². The second-order valence-electron chi connectivity index (χ2n) is 7.03.